The maximum absolute atomic E-state index is 12.3. The van der Waals surface area contributed by atoms with Crippen LogP contribution in [0, 0.1) is 11.8 Å². The summed E-state index contributed by atoms with van der Waals surface area (Å²) in [6.45, 7) is 2.20. The number of carbonyl (C=O) groups is 2. The second-order valence-corrected chi connectivity index (χ2v) is 6.27. The number of nitrogens with one attached hydrogen (secondary N) is 1. The number of hydrogen-bond acceptors (Lipinski definition) is 2. The molecule has 0 unspecified atom stereocenters. The second kappa shape index (κ2) is 6.39. The summed E-state index contributed by atoms with van der Waals surface area (Å²) < 4.78 is 0.593. The Morgan fingerprint density at radius 2 is 1.90 bits per heavy atom. The van der Waals surface area contributed by atoms with Gasteiger partial charge in [0.2, 0.25) is 5.91 Å². The zero-order chi connectivity index (χ0) is 14.7. The molecule has 20 heavy (non-hydrogen) atoms. The molecule has 0 atom stereocenters. The van der Waals surface area contributed by atoms with Crippen LogP contribution in [0.25, 0.3) is 0 Å². The molecule has 1 saturated carbocycles. The summed E-state index contributed by atoms with van der Waals surface area (Å²) >= 11 is 3.30. The lowest BCUT2D eigenvalue weighted by Crippen LogP contribution is -2.27. The van der Waals surface area contributed by atoms with E-state index in [0.717, 1.165) is 25.7 Å². The van der Waals surface area contributed by atoms with Crippen molar-refractivity contribution in [1.29, 1.82) is 0 Å². The van der Waals surface area contributed by atoms with Gasteiger partial charge in [-0.1, -0.05) is 13.0 Å². The minimum absolute atomic E-state index is 0.0139. The van der Waals surface area contributed by atoms with Crippen molar-refractivity contribution >= 4 is 33.5 Å². The zero-order valence-electron chi connectivity index (χ0n) is 11.4. The van der Waals surface area contributed by atoms with Crippen molar-refractivity contribution in [2.24, 2.45) is 11.8 Å². The fourth-order valence-electron chi connectivity index (χ4n) is 2.58. The van der Waals surface area contributed by atoms with Gasteiger partial charge in [0.05, 0.1) is 11.3 Å². The molecule has 0 radical (unpaired) electrons. The van der Waals surface area contributed by atoms with Crippen molar-refractivity contribution < 1.29 is 14.7 Å². The molecule has 1 aromatic rings. The predicted octanol–water partition coefficient (Wildman–Crippen LogP) is 3.91. The van der Waals surface area contributed by atoms with Gasteiger partial charge in [0.1, 0.15) is 0 Å². The van der Waals surface area contributed by atoms with Crippen molar-refractivity contribution in [2.75, 3.05) is 5.32 Å². The number of hydrogen-bond donors (Lipinski definition) is 2. The summed E-state index contributed by atoms with van der Waals surface area (Å²) in [5, 5.41) is 12.0. The quantitative estimate of drug-likeness (QED) is 0.877. The Hall–Kier alpha value is -1.36. The van der Waals surface area contributed by atoms with Gasteiger partial charge in [0.15, 0.2) is 0 Å². The lowest BCUT2D eigenvalue weighted by Gasteiger charge is -2.25. The molecule has 0 saturated heterocycles. The fraction of sp³-hybridized carbons (Fsp3) is 0.467. The third kappa shape index (κ3) is 3.39. The lowest BCUT2D eigenvalue weighted by atomic mass is 9.82. The van der Waals surface area contributed by atoms with Crippen LogP contribution in [0.1, 0.15) is 43.0 Å². The summed E-state index contributed by atoms with van der Waals surface area (Å²) in [5.74, 6) is -0.456. The molecule has 0 bridgehead atoms. The number of carbonyl (C=O) groups excluding carboxylic acids is 1. The largest absolute Gasteiger partial charge is 0.478 e. The molecular formula is C15H18BrNO3. The van der Waals surface area contributed by atoms with Crippen LogP contribution in [0.2, 0.25) is 0 Å². The van der Waals surface area contributed by atoms with E-state index in [2.05, 4.69) is 28.2 Å². The summed E-state index contributed by atoms with van der Waals surface area (Å²) in [6, 6.07) is 4.86. The molecule has 2 rings (SSSR count). The minimum atomic E-state index is -1.04. The van der Waals surface area contributed by atoms with Crippen LogP contribution >= 0.6 is 15.9 Å². The normalized spacial score (nSPS) is 22.3. The van der Waals surface area contributed by atoms with Crippen molar-refractivity contribution in [3.8, 4) is 0 Å². The van der Waals surface area contributed by atoms with Gasteiger partial charge in [0, 0.05) is 10.4 Å². The Morgan fingerprint density at radius 1 is 1.25 bits per heavy atom. The van der Waals surface area contributed by atoms with E-state index in [1.807, 2.05) is 0 Å². The molecule has 0 heterocycles. The molecule has 1 aliphatic carbocycles. The first-order chi connectivity index (χ1) is 9.49. The number of benzene rings is 1. The average molecular weight is 340 g/mol. The molecule has 4 nitrogen and oxygen atoms in total. The number of para-hydroxylation sites is 1. The Kier molecular flexibility index (Phi) is 4.81. The topological polar surface area (TPSA) is 66.4 Å². The summed E-state index contributed by atoms with van der Waals surface area (Å²) in [6.07, 6.45) is 3.86. The van der Waals surface area contributed by atoms with E-state index in [-0.39, 0.29) is 17.4 Å². The van der Waals surface area contributed by atoms with Crippen molar-refractivity contribution in [3.05, 3.63) is 28.2 Å². The second-order valence-electron chi connectivity index (χ2n) is 5.41. The highest BCUT2D eigenvalue weighted by molar-refractivity contribution is 9.10. The highest BCUT2D eigenvalue weighted by atomic mass is 79.9. The Balaban J connectivity index is 2.13. The fourth-order valence-corrected chi connectivity index (χ4v) is 3.04. The van der Waals surface area contributed by atoms with Crippen LogP contribution in [0.3, 0.4) is 0 Å². The average Bonchev–Trinajstić information content (AvgIpc) is 2.41. The molecule has 0 aromatic heterocycles. The third-order valence-electron chi connectivity index (χ3n) is 3.88. The van der Waals surface area contributed by atoms with Crippen LogP contribution in [-0.2, 0) is 4.79 Å². The molecule has 2 N–H and O–H groups in total. The van der Waals surface area contributed by atoms with Crippen molar-refractivity contribution in [1.82, 2.24) is 0 Å². The molecule has 0 aliphatic heterocycles. The van der Waals surface area contributed by atoms with Gasteiger partial charge in [-0.3, -0.25) is 4.79 Å². The summed E-state index contributed by atoms with van der Waals surface area (Å²) in [5.41, 5.74) is 0.459. The van der Waals surface area contributed by atoms with Crippen LogP contribution in [0.15, 0.2) is 22.7 Å². The first-order valence-electron chi connectivity index (χ1n) is 6.81. The molecule has 0 spiro atoms. The Labute approximate surface area is 126 Å². The van der Waals surface area contributed by atoms with E-state index >= 15 is 0 Å². The predicted molar refractivity (Wildman–Crippen MR) is 80.9 cm³/mol. The molecule has 1 amide bonds. The van der Waals surface area contributed by atoms with Gasteiger partial charge in [-0.15, -0.1) is 0 Å². The number of anilines is 1. The smallest absolute Gasteiger partial charge is 0.337 e. The van der Waals surface area contributed by atoms with Gasteiger partial charge >= 0.3 is 5.97 Å². The molecule has 5 heteroatoms. The number of aromatic carboxylic acids is 1. The number of carboxylic acid groups (broad SMARTS) is 1. The minimum Gasteiger partial charge on any atom is -0.478 e. The highest BCUT2D eigenvalue weighted by Crippen LogP contribution is 2.31. The van der Waals surface area contributed by atoms with Crippen molar-refractivity contribution in [3.63, 3.8) is 0 Å². The van der Waals surface area contributed by atoms with E-state index < -0.39 is 5.97 Å². The zero-order valence-corrected chi connectivity index (χ0v) is 12.9. The van der Waals surface area contributed by atoms with Crippen LogP contribution < -0.4 is 5.32 Å². The number of amides is 1. The summed E-state index contributed by atoms with van der Waals surface area (Å²) in [4.78, 5) is 23.5. The van der Waals surface area contributed by atoms with Gasteiger partial charge in [0.25, 0.3) is 0 Å². The molecule has 1 aliphatic rings. The van der Waals surface area contributed by atoms with E-state index in [0.29, 0.717) is 16.1 Å². The van der Waals surface area contributed by atoms with E-state index in [1.165, 1.54) is 6.07 Å². The number of carboxylic acids is 1. The first-order valence-corrected chi connectivity index (χ1v) is 7.61. The van der Waals surface area contributed by atoms with Gasteiger partial charge in [-0.2, -0.15) is 0 Å². The van der Waals surface area contributed by atoms with Gasteiger partial charge in [-0.05, 0) is 59.7 Å². The van der Waals surface area contributed by atoms with Gasteiger partial charge in [-0.25, -0.2) is 4.79 Å². The van der Waals surface area contributed by atoms with Crippen LogP contribution in [0.5, 0.6) is 0 Å². The van der Waals surface area contributed by atoms with Gasteiger partial charge < -0.3 is 10.4 Å². The van der Waals surface area contributed by atoms with Crippen LogP contribution in [-0.4, -0.2) is 17.0 Å². The monoisotopic (exact) mass is 339 g/mol. The molecule has 1 aromatic carbocycles. The lowest BCUT2D eigenvalue weighted by molar-refractivity contribution is -0.121. The molecule has 1 fully saturated rings. The molecular weight excluding hydrogens is 322 g/mol. The highest BCUT2D eigenvalue weighted by Gasteiger charge is 2.25. The van der Waals surface area contributed by atoms with E-state index in [9.17, 15) is 14.7 Å². The third-order valence-corrected chi connectivity index (χ3v) is 4.54. The Morgan fingerprint density at radius 3 is 2.50 bits per heavy atom. The van der Waals surface area contributed by atoms with E-state index in [4.69, 9.17) is 0 Å². The molecule has 108 valence electrons. The standard InChI is InChI=1S/C15H18BrNO3/c1-9-5-7-10(8-6-9)14(18)17-13-11(15(19)20)3-2-4-12(13)16/h2-4,9-10H,5-8H2,1H3,(H,17,18)(H,19,20). The SMILES string of the molecule is CC1CCC(C(=O)Nc2c(Br)cccc2C(=O)O)CC1. The summed E-state index contributed by atoms with van der Waals surface area (Å²) in [7, 11) is 0. The van der Waals surface area contributed by atoms with Crippen LogP contribution in [0.4, 0.5) is 5.69 Å². The maximum Gasteiger partial charge on any atom is 0.337 e. The maximum atomic E-state index is 12.3. The van der Waals surface area contributed by atoms with Crippen molar-refractivity contribution in [2.45, 2.75) is 32.6 Å². The Bertz CT molecular complexity index is 522. The first kappa shape index (κ1) is 15.0. The number of halogens is 1. The van der Waals surface area contributed by atoms with E-state index in [1.54, 1.807) is 12.1 Å². The number of rotatable bonds is 3.